The maximum absolute atomic E-state index is 3.33. The zero-order valence-electron chi connectivity index (χ0n) is 4.99. The average Bonchev–Trinajstić information content (AvgIpc) is 2.22. The molecule has 1 N–H and O–H groups in total. The van der Waals surface area contributed by atoms with Crippen molar-refractivity contribution >= 4 is 0 Å². The Bertz CT molecular complexity index is 61.2. The Morgan fingerprint density at radius 1 is 1.86 bits per heavy atom. The summed E-state index contributed by atoms with van der Waals surface area (Å²) in [4.78, 5) is 0. The van der Waals surface area contributed by atoms with Crippen LogP contribution in [0.1, 0.15) is 20.3 Å². The van der Waals surface area contributed by atoms with Gasteiger partial charge < -0.3 is 0 Å². The van der Waals surface area contributed by atoms with Gasteiger partial charge >= 0.3 is 0 Å². The van der Waals surface area contributed by atoms with Crippen LogP contribution >= 0.6 is 0 Å². The molecule has 0 bridgehead atoms. The van der Waals surface area contributed by atoms with E-state index in [-0.39, 0.29) is 0 Å². The van der Waals surface area contributed by atoms with Gasteiger partial charge in [-0.25, -0.2) is 0 Å². The fourth-order valence-electron chi connectivity index (χ4n) is 0.756. The Kier molecular flexibility index (Phi) is 1.24. The molecule has 0 aliphatic heterocycles. The minimum atomic E-state index is 0.782. The third kappa shape index (κ3) is 1.10. The number of nitrogens with one attached hydrogen (secondary N) is 1. The van der Waals surface area contributed by atoms with Crippen molar-refractivity contribution in [3.05, 3.63) is 5.92 Å². The molecule has 0 aromatic heterocycles. The monoisotopic (exact) mass is 98.1 g/mol. The van der Waals surface area contributed by atoms with Crippen LogP contribution < -0.4 is 5.32 Å². The molecule has 0 aromatic carbocycles. The summed E-state index contributed by atoms with van der Waals surface area (Å²) >= 11 is 0. The van der Waals surface area contributed by atoms with Crippen molar-refractivity contribution in [1.82, 2.24) is 5.32 Å². The first-order chi connectivity index (χ1) is 3.34. The van der Waals surface area contributed by atoms with Crippen LogP contribution in [0.25, 0.3) is 0 Å². The van der Waals surface area contributed by atoms with Gasteiger partial charge in [-0.15, -0.1) is 0 Å². The van der Waals surface area contributed by atoms with Crippen molar-refractivity contribution in [3.8, 4) is 0 Å². The summed E-state index contributed by atoms with van der Waals surface area (Å²) in [6.45, 7) is 5.46. The first-order valence-corrected chi connectivity index (χ1v) is 2.90. The molecule has 1 heteroatoms. The van der Waals surface area contributed by atoms with Crippen molar-refractivity contribution in [3.63, 3.8) is 0 Å². The normalized spacial score (nSPS) is 28.3. The Balaban J connectivity index is 1.98. The van der Waals surface area contributed by atoms with Gasteiger partial charge in [0.15, 0.2) is 6.04 Å². The van der Waals surface area contributed by atoms with E-state index in [2.05, 4.69) is 19.2 Å². The van der Waals surface area contributed by atoms with E-state index in [0.717, 1.165) is 12.6 Å². The van der Waals surface area contributed by atoms with Gasteiger partial charge in [0.2, 0.25) is 0 Å². The van der Waals surface area contributed by atoms with Crippen LogP contribution in [0.3, 0.4) is 0 Å². The molecule has 1 aliphatic rings. The Labute approximate surface area is 45.1 Å². The zero-order valence-corrected chi connectivity index (χ0v) is 4.99. The molecule has 0 saturated heterocycles. The van der Waals surface area contributed by atoms with Crippen LogP contribution in [0.15, 0.2) is 0 Å². The van der Waals surface area contributed by atoms with Crippen molar-refractivity contribution < 1.29 is 0 Å². The quantitative estimate of drug-likeness (QED) is 0.507. The molecule has 0 amide bonds. The second-order valence-electron chi connectivity index (χ2n) is 2.16. The van der Waals surface area contributed by atoms with E-state index in [1.165, 1.54) is 6.42 Å². The van der Waals surface area contributed by atoms with Crippen LogP contribution in [0, 0.1) is 5.92 Å². The SMILES string of the molecule is CCNC1C[C+]1C. The summed E-state index contributed by atoms with van der Waals surface area (Å²) in [5, 5.41) is 3.33. The highest BCUT2D eigenvalue weighted by atomic mass is 14.9. The summed E-state index contributed by atoms with van der Waals surface area (Å²) in [7, 11) is 0. The molecule has 1 rings (SSSR count). The molecule has 7 heavy (non-hydrogen) atoms. The molecule has 1 atom stereocenters. The fourth-order valence-corrected chi connectivity index (χ4v) is 0.756. The maximum atomic E-state index is 3.33. The number of hydrogen-bond acceptors (Lipinski definition) is 1. The van der Waals surface area contributed by atoms with Gasteiger partial charge in [0.05, 0.1) is 6.92 Å². The van der Waals surface area contributed by atoms with Gasteiger partial charge in [-0.1, -0.05) is 6.92 Å². The van der Waals surface area contributed by atoms with Gasteiger partial charge in [0.25, 0.3) is 0 Å². The molecule has 0 aromatic rings. The van der Waals surface area contributed by atoms with E-state index in [1.54, 1.807) is 5.92 Å². The third-order valence-electron chi connectivity index (χ3n) is 1.41. The summed E-state index contributed by atoms with van der Waals surface area (Å²) in [5.41, 5.74) is 0. The van der Waals surface area contributed by atoms with Crippen LogP contribution in [0.4, 0.5) is 0 Å². The minimum Gasteiger partial charge on any atom is -0.273 e. The Morgan fingerprint density at radius 2 is 2.43 bits per heavy atom. The predicted molar refractivity (Wildman–Crippen MR) is 31.0 cm³/mol. The third-order valence-corrected chi connectivity index (χ3v) is 1.41. The van der Waals surface area contributed by atoms with E-state index in [4.69, 9.17) is 0 Å². The highest BCUT2D eigenvalue weighted by Gasteiger charge is 2.46. The molecule has 1 aliphatic carbocycles. The van der Waals surface area contributed by atoms with Crippen LogP contribution in [0.2, 0.25) is 0 Å². The van der Waals surface area contributed by atoms with E-state index >= 15 is 0 Å². The van der Waals surface area contributed by atoms with Crippen molar-refractivity contribution in [1.29, 1.82) is 0 Å². The lowest BCUT2D eigenvalue weighted by Crippen LogP contribution is -2.15. The van der Waals surface area contributed by atoms with E-state index in [0.29, 0.717) is 0 Å². The second kappa shape index (κ2) is 1.74. The molecule has 1 unspecified atom stereocenters. The highest BCUT2D eigenvalue weighted by Crippen LogP contribution is 2.31. The summed E-state index contributed by atoms with van der Waals surface area (Å²) in [6, 6.07) is 0.782. The maximum Gasteiger partial charge on any atom is 0.192 e. The molecule has 1 fully saturated rings. The fraction of sp³-hybridized carbons (Fsp3) is 0.833. The molecule has 40 valence electrons. The molecule has 1 saturated carbocycles. The van der Waals surface area contributed by atoms with E-state index in [1.807, 2.05) is 0 Å². The highest BCUT2D eigenvalue weighted by molar-refractivity contribution is 5.15. The van der Waals surface area contributed by atoms with Gasteiger partial charge in [-0.2, -0.15) is 0 Å². The molecule has 1 nitrogen and oxygen atoms in total. The van der Waals surface area contributed by atoms with Crippen LogP contribution in [-0.4, -0.2) is 12.6 Å². The Morgan fingerprint density at radius 3 is 2.57 bits per heavy atom. The summed E-state index contributed by atoms with van der Waals surface area (Å²) < 4.78 is 0. The molecular formula is C6H12N+. The van der Waals surface area contributed by atoms with Crippen LogP contribution in [-0.2, 0) is 0 Å². The summed E-state index contributed by atoms with van der Waals surface area (Å²) in [5.74, 6) is 1.61. The standard InChI is InChI=1S/C6H12N/c1-3-7-6-4-5(6)2/h6-7H,3-4H2,1-2H3/q+1. The predicted octanol–water partition coefficient (Wildman–Crippen LogP) is 0.963. The first-order valence-electron chi connectivity index (χ1n) is 2.90. The lowest BCUT2D eigenvalue weighted by atomic mass is 10.5. The second-order valence-corrected chi connectivity index (χ2v) is 2.16. The van der Waals surface area contributed by atoms with Crippen molar-refractivity contribution in [2.45, 2.75) is 26.3 Å². The molecule has 0 heterocycles. The number of rotatable bonds is 2. The average molecular weight is 98.2 g/mol. The van der Waals surface area contributed by atoms with Gasteiger partial charge in [-0.05, 0) is 6.54 Å². The van der Waals surface area contributed by atoms with Crippen molar-refractivity contribution in [2.24, 2.45) is 0 Å². The first kappa shape index (κ1) is 4.98. The van der Waals surface area contributed by atoms with Gasteiger partial charge in [-0.3, -0.25) is 5.32 Å². The number of hydrogen-bond donors (Lipinski definition) is 1. The minimum absolute atomic E-state index is 0.782. The molecule has 0 spiro atoms. The molecular weight excluding hydrogens is 86.1 g/mol. The van der Waals surface area contributed by atoms with Gasteiger partial charge in [0.1, 0.15) is 12.3 Å². The topological polar surface area (TPSA) is 12.0 Å². The lowest BCUT2D eigenvalue weighted by molar-refractivity contribution is 0.726. The van der Waals surface area contributed by atoms with Gasteiger partial charge in [0, 0.05) is 0 Å². The molecule has 0 radical (unpaired) electrons. The van der Waals surface area contributed by atoms with E-state index < -0.39 is 0 Å². The Hall–Kier alpha value is -0.170. The smallest absolute Gasteiger partial charge is 0.192 e. The lowest BCUT2D eigenvalue weighted by Gasteiger charge is -1.84. The van der Waals surface area contributed by atoms with Crippen molar-refractivity contribution in [2.75, 3.05) is 6.54 Å². The largest absolute Gasteiger partial charge is 0.273 e. The van der Waals surface area contributed by atoms with Crippen LogP contribution in [0.5, 0.6) is 0 Å². The van der Waals surface area contributed by atoms with E-state index in [9.17, 15) is 0 Å². The zero-order chi connectivity index (χ0) is 5.28. The summed E-state index contributed by atoms with van der Waals surface area (Å²) in [6.07, 6.45) is 1.31.